The number of nitrogens with one attached hydrogen (secondary N) is 1. The molecule has 1 aliphatic carbocycles. The largest absolute Gasteiger partial charge is 0.335 e. The van der Waals surface area contributed by atoms with Crippen LogP contribution in [0.5, 0.6) is 0 Å². The molecule has 0 aromatic heterocycles. The van der Waals surface area contributed by atoms with E-state index in [2.05, 4.69) is 10.3 Å². The molecule has 0 bridgehead atoms. The summed E-state index contributed by atoms with van der Waals surface area (Å²) in [6.07, 6.45) is 2.69. The number of halogens is 1. The van der Waals surface area contributed by atoms with E-state index in [0.29, 0.717) is 5.25 Å². The van der Waals surface area contributed by atoms with Crippen LogP contribution in [0.1, 0.15) is 18.4 Å². The summed E-state index contributed by atoms with van der Waals surface area (Å²) in [6, 6.07) is 4.80. The van der Waals surface area contributed by atoms with Crippen LogP contribution in [-0.2, 0) is 0 Å². The maximum atomic E-state index is 13.1. The van der Waals surface area contributed by atoms with Crippen molar-refractivity contribution < 1.29 is 4.39 Å². The Morgan fingerprint density at radius 3 is 3.00 bits per heavy atom. The van der Waals surface area contributed by atoms with Crippen molar-refractivity contribution in [2.75, 3.05) is 11.9 Å². The summed E-state index contributed by atoms with van der Waals surface area (Å²) in [4.78, 5) is 4.49. The van der Waals surface area contributed by atoms with Gasteiger partial charge in [-0.25, -0.2) is 4.39 Å². The number of hydrogen-bond acceptors (Lipinski definition) is 3. The van der Waals surface area contributed by atoms with Crippen molar-refractivity contribution in [3.8, 4) is 0 Å². The Morgan fingerprint density at radius 1 is 1.41 bits per heavy atom. The third kappa shape index (κ3) is 2.46. The number of anilines is 1. The van der Waals surface area contributed by atoms with Crippen molar-refractivity contribution in [2.24, 2.45) is 10.9 Å². The lowest BCUT2D eigenvalue weighted by Gasteiger charge is -2.10. The third-order valence-corrected chi connectivity index (χ3v) is 4.56. The summed E-state index contributed by atoms with van der Waals surface area (Å²) in [5.41, 5.74) is 1.87. The monoisotopic (exact) mass is 250 g/mol. The number of nitrogens with zero attached hydrogens (tertiary/aromatic N) is 1. The minimum absolute atomic E-state index is 0.208. The number of aryl methyl sites for hydroxylation is 1. The first kappa shape index (κ1) is 11.1. The number of rotatable bonds is 2. The van der Waals surface area contributed by atoms with E-state index in [1.807, 2.05) is 18.7 Å². The highest BCUT2D eigenvalue weighted by atomic mass is 32.2. The molecule has 1 N–H and O–H groups in total. The van der Waals surface area contributed by atoms with E-state index in [4.69, 9.17) is 0 Å². The Labute approximate surface area is 105 Å². The maximum Gasteiger partial charge on any atom is 0.161 e. The fourth-order valence-corrected chi connectivity index (χ4v) is 3.24. The molecule has 0 amide bonds. The summed E-state index contributed by atoms with van der Waals surface area (Å²) in [5, 5.41) is 4.82. The van der Waals surface area contributed by atoms with Crippen molar-refractivity contribution in [3.05, 3.63) is 29.6 Å². The van der Waals surface area contributed by atoms with Gasteiger partial charge in [-0.1, -0.05) is 17.8 Å². The first-order valence-electron chi connectivity index (χ1n) is 5.96. The first-order valence-corrected chi connectivity index (χ1v) is 6.84. The molecule has 1 saturated carbocycles. The molecule has 1 aromatic carbocycles. The highest BCUT2D eigenvalue weighted by molar-refractivity contribution is 8.15. The highest BCUT2D eigenvalue weighted by Crippen LogP contribution is 2.42. The van der Waals surface area contributed by atoms with Crippen LogP contribution < -0.4 is 5.32 Å². The van der Waals surface area contributed by atoms with Gasteiger partial charge in [-0.05, 0) is 43.4 Å². The minimum Gasteiger partial charge on any atom is -0.335 e. The molecule has 4 heteroatoms. The highest BCUT2D eigenvalue weighted by Gasteiger charge is 2.35. The summed E-state index contributed by atoms with van der Waals surface area (Å²) in [5.74, 6) is 0.650. The lowest BCUT2D eigenvalue weighted by Crippen LogP contribution is -2.09. The summed E-state index contributed by atoms with van der Waals surface area (Å²) in [6.45, 7) is 2.88. The van der Waals surface area contributed by atoms with Crippen molar-refractivity contribution >= 4 is 22.6 Å². The molecule has 1 aliphatic heterocycles. The van der Waals surface area contributed by atoms with E-state index >= 15 is 0 Å². The predicted octanol–water partition coefficient (Wildman–Crippen LogP) is 3.43. The topological polar surface area (TPSA) is 24.4 Å². The van der Waals surface area contributed by atoms with Crippen molar-refractivity contribution in [3.63, 3.8) is 0 Å². The number of aliphatic imine (C=N–C) groups is 1. The van der Waals surface area contributed by atoms with Gasteiger partial charge in [-0.3, -0.25) is 4.99 Å². The maximum absolute atomic E-state index is 13.1. The van der Waals surface area contributed by atoms with E-state index in [0.717, 1.165) is 28.9 Å². The van der Waals surface area contributed by atoms with Gasteiger partial charge >= 0.3 is 0 Å². The summed E-state index contributed by atoms with van der Waals surface area (Å²) >= 11 is 1.81. The van der Waals surface area contributed by atoms with Gasteiger partial charge < -0.3 is 5.32 Å². The van der Waals surface area contributed by atoms with E-state index in [9.17, 15) is 4.39 Å². The number of hydrogen-bond donors (Lipinski definition) is 1. The van der Waals surface area contributed by atoms with Gasteiger partial charge in [-0.15, -0.1) is 0 Å². The third-order valence-electron chi connectivity index (χ3n) is 3.27. The molecule has 0 radical (unpaired) electrons. The molecule has 2 nitrogen and oxygen atoms in total. The van der Waals surface area contributed by atoms with Gasteiger partial charge in [0.05, 0.1) is 6.54 Å². The zero-order chi connectivity index (χ0) is 11.8. The fraction of sp³-hybridized carbons (Fsp3) is 0.462. The Bertz CT molecular complexity index is 468. The van der Waals surface area contributed by atoms with Gasteiger partial charge in [0.1, 0.15) is 5.82 Å². The molecular weight excluding hydrogens is 235 g/mol. The van der Waals surface area contributed by atoms with Crippen LogP contribution in [0.25, 0.3) is 0 Å². The number of benzene rings is 1. The smallest absolute Gasteiger partial charge is 0.161 e. The van der Waals surface area contributed by atoms with Crippen molar-refractivity contribution in [2.45, 2.75) is 25.0 Å². The second kappa shape index (κ2) is 4.33. The number of thioether (sulfide) groups is 1. The van der Waals surface area contributed by atoms with Crippen LogP contribution in [-0.4, -0.2) is 17.0 Å². The Kier molecular flexibility index (Phi) is 2.82. The predicted molar refractivity (Wildman–Crippen MR) is 71.2 cm³/mol. The van der Waals surface area contributed by atoms with E-state index in [1.54, 1.807) is 6.07 Å². The first-order chi connectivity index (χ1) is 8.22. The second-order valence-electron chi connectivity index (χ2n) is 4.72. The zero-order valence-electron chi connectivity index (χ0n) is 9.74. The molecule has 1 aromatic rings. The van der Waals surface area contributed by atoms with Gasteiger partial charge in [-0.2, -0.15) is 0 Å². The van der Waals surface area contributed by atoms with Gasteiger partial charge in [0.25, 0.3) is 0 Å². The summed E-state index contributed by atoms with van der Waals surface area (Å²) in [7, 11) is 0. The lowest BCUT2D eigenvalue weighted by molar-refractivity contribution is 0.628. The van der Waals surface area contributed by atoms with E-state index in [-0.39, 0.29) is 5.82 Å². The van der Waals surface area contributed by atoms with Crippen LogP contribution in [0.3, 0.4) is 0 Å². The SMILES string of the molecule is Cc1ccc(F)cc1NC1=NCC(C2CC2)S1. The normalized spacial score (nSPS) is 23.6. The molecule has 1 unspecified atom stereocenters. The Balaban J connectivity index is 1.68. The van der Waals surface area contributed by atoms with E-state index < -0.39 is 0 Å². The van der Waals surface area contributed by atoms with Crippen LogP contribution in [0.4, 0.5) is 10.1 Å². The second-order valence-corrected chi connectivity index (χ2v) is 5.95. The molecule has 1 fully saturated rings. The summed E-state index contributed by atoms with van der Waals surface area (Å²) < 4.78 is 13.1. The molecule has 0 saturated heterocycles. The van der Waals surface area contributed by atoms with E-state index in [1.165, 1.54) is 25.0 Å². The van der Waals surface area contributed by atoms with Crippen LogP contribution in [0, 0.1) is 18.7 Å². The number of amidine groups is 1. The average molecular weight is 250 g/mol. The molecular formula is C13H15FN2S. The standard InChI is InChI=1S/C13H15FN2S/c1-8-2-5-10(14)6-11(8)16-13-15-7-12(17-13)9-3-4-9/h2,5-6,9,12H,3-4,7H2,1H3,(H,15,16). The fourth-order valence-electron chi connectivity index (χ4n) is 2.02. The molecule has 1 heterocycles. The van der Waals surface area contributed by atoms with Crippen molar-refractivity contribution in [1.29, 1.82) is 0 Å². The van der Waals surface area contributed by atoms with Crippen LogP contribution in [0.15, 0.2) is 23.2 Å². The van der Waals surface area contributed by atoms with Crippen molar-refractivity contribution in [1.82, 2.24) is 0 Å². The Hall–Kier alpha value is -1.03. The van der Waals surface area contributed by atoms with Gasteiger partial charge in [0.2, 0.25) is 0 Å². The van der Waals surface area contributed by atoms with Crippen LogP contribution in [0.2, 0.25) is 0 Å². The molecule has 0 spiro atoms. The molecule has 3 rings (SSSR count). The minimum atomic E-state index is -0.208. The lowest BCUT2D eigenvalue weighted by atomic mass is 10.2. The quantitative estimate of drug-likeness (QED) is 0.869. The molecule has 1 atom stereocenters. The zero-order valence-corrected chi connectivity index (χ0v) is 10.6. The van der Waals surface area contributed by atoms with Gasteiger partial charge in [0.15, 0.2) is 5.17 Å². The molecule has 2 aliphatic rings. The molecule has 90 valence electrons. The average Bonchev–Trinajstić information content (AvgIpc) is 3.05. The Morgan fingerprint density at radius 2 is 2.24 bits per heavy atom. The van der Waals surface area contributed by atoms with Gasteiger partial charge in [0, 0.05) is 10.9 Å². The van der Waals surface area contributed by atoms with Crippen LogP contribution >= 0.6 is 11.8 Å². The molecule has 17 heavy (non-hydrogen) atoms.